The molecule has 0 fully saturated rings. The van der Waals surface area contributed by atoms with Gasteiger partial charge in [-0.15, -0.1) is 0 Å². The van der Waals surface area contributed by atoms with Gasteiger partial charge in [-0.05, 0) is 25.0 Å². The maximum atomic E-state index is 6.14. The van der Waals surface area contributed by atoms with Gasteiger partial charge in [0.15, 0.2) is 0 Å². The Hall–Kier alpha value is -1.70. The van der Waals surface area contributed by atoms with Crippen molar-refractivity contribution in [1.29, 1.82) is 0 Å². The number of fused-ring (bicyclic) bond motifs is 1. The molecule has 0 radical (unpaired) electrons. The minimum absolute atomic E-state index is 0.802. The van der Waals surface area contributed by atoms with E-state index in [1.807, 2.05) is 0 Å². The van der Waals surface area contributed by atoms with Gasteiger partial charge in [0, 0.05) is 10.8 Å². The summed E-state index contributed by atoms with van der Waals surface area (Å²) in [5.74, 6) is 1.97. The van der Waals surface area contributed by atoms with Crippen LogP contribution in [0, 0.1) is 0 Å². The van der Waals surface area contributed by atoms with E-state index in [1.54, 1.807) is 0 Å². The second kappa shape index (κ2) is 16.1. The highest BCUT2D eigenvalue weighted by atomic mass is 16.5. The number of hydrogen-bond acceptors (Lipinski definition) is 2. The minimum atomic E-state index is 0.802. The molecule has 0 saturated heterocycles. The third-order valence-corrected chi connectivity index (χ3v) is 5.85. The molecule has 0 atom stereocenters. The first kappa shape index (κ1) is 24.6. The van der Waals surface area contributed by atoms with Crippen molar-refractivity contribution in [2.45, 2.75) is 104 Å². The normalized spacial score (nSPS) is 11.1. The summed E-state index contributed by atoms with van der Waals surface area (Å²) in [7, 11) is 0. The average molecular weight is 413 g/mol. The molecule has 2 rings (SSSR count). The van der Waals surface area contributed by atoms with E-state index < -0.39 is 0 Å². The van der Waals surface area contributed by atoms with Gasteiger partial charge >= 0.3 is 0 Å². The highest BCUT2D eigenvalue weighted by Crippen LogP contribution is 2.32. The Morgan fingerprint density at radius 3 is 1.23 bits per heavy atom. The van der Waals surface area contributed by atoms with Crippen molar-refractivity contribution in [3.8, 4) is 11.5 Å². The summed E-state index contributed by atoms with van der Waals surface area (Å²) in [5.41, 5.74) is 0. The number of hydrogen-bond donors (Lipinski definition) is 0. The van der Waals surface area contributed by atoms with Crippen LogP contribution in [-0.2, 0) is 0 Å². The van der Waals surface area contributed by atoms with E-state index in [9.17, 15) is 0 Å². The number of ether oxygens (including phenoxy) is 2. The van der Waals surface area contributed by atoms with Crippen molar-refractivity contribution < 1.29 is 9.47 Å². The molecule has 168 valence electrons. The molecular weight excluding hydrogens is 368 g/mol. The van der Waals surface area contributed by atoms with Crippen LogP contribution in [0.15, 0.2) is 36.4 Å². The topological polar surface area (TPSA) is 18.5 Å². The molecule has 0 aliphatic rings. The molecule has 0 aliphatic carbocycles. The molecule has 0 heterocycles. The van der Waals surface area contributed by atoms with Gasteiger partial charge in [0.25, 0.3) is 0 Å². The smallest absolute Gasteiger partial charge is 0.127 e. The van der Waals surface area contributed by atoms with Crippen LogP contribution >= 0.6 is 0 Å². The van der Waals surface area contributed by atoms with Crippen molar-refractivity contribution in [3.63, 3.8) is 0 Å². The van der Waals surface area contributed by atoms with E-state index >= 15 is 0 Å². The molecule has 0 N–H and O–H groups in total. The Kier molecular flexibility index (Phi) is 13.1. The van der Waals surface area contributed by atoms with Crippen LogP contribution in [-0.4, -0.2) is 13.2 Å². The van der Waals surface area contributed by atoms with E-state index in [-0.39, 0.29) is 0 Å². The zero-order chi connectivity index (χ0) is 21.3. The van der Waals surface area contributed by atoms with Gasteiger partial charge in [-0.1, -0.05) is 115 Å². The molecule has 2 aromatic carbocycles. The Morgan fingerprint density at radius 1 is 0.467 bits per heavy atom. The van der Waals surface area contributed by atoms with Crippen molar-refractivity contribution >= 4 is 10.8 Å². The zero-order valence-corrected chi connectivity index (χ0v) is 19.6. The van der Waals surface area contributed by atoms with E-state index in [1.165, 1.54) is 77.0 Å². The summed E-state index contributed by atoms with van der Waals surface area (Å²) in [5, 5.41) is 2.33. The maximum Gasteiger partial charge on any atom is 0.127 e. The second-order valence-corrected chi connectivity index (χ2v) is 8.55. The highest BCUT2D eigenvalue weighted by molar-refractivity contribution is 5.93. The van der Waals surface area contributed by atoms with Crippen LogP contribution in [0.1, 0.15) is 104 Å². The van der Waals surface area contributed by atoms with Gasteiger partial charge in [-0.25, -0.2) is 0 Å². The molecule has 0 aliphatic heterocycles. The summed E-state index contributed by atoms with van der Waals surface area (Å²) in [4.78, 5) is 0. The van der Waals surface area contributed by atoms with Crippen LogP contribution in [0.25, 0.3) is 10.8 Å². The second-order valence-electron chi connectivity index (χ2n) is 8.55. The lowest BCUT2D eigenvalue weighted by molar-refractivity contribution is 0.304. The Morgan fingerprint density at radius 2 is 0.833 bits per heavy atom. The lowest BCUT2D eigenvalue weighted by Crippen LogP contribution is -2.00. The molecule has 2 nitrogen and oxygen atoms in total. The predicted molar refractivity (Wildman–Crippen MR) is 131 cm³/mol. The quantitative estimate of drug-likeness (QED) is 0.227. The molecule has 30 heavy (non-hydrogen) atoms. The molecule has 0 bridgehead atoms. The molecule has 0 saturated carbocycles. The largest absolute Gasteiger partial charge is 0.493 e. The minimum Gasteiger partial charge on any atom is -0.493 e. The third kappa shape index (κ3) is 9.41. The molecule has 0 unspecified atom stereocenters. The van der Waals surface area contributed by atoms with E-state index in [0.717, 1.165) is 48.3 Å². The molecule has 2 aromatic rings. The van der Waals surface area contributed by atoms with Gasteiger partial charge in [0.2, 0.25) is 0 Å². The maximum absolute atomic E-state index is 6.14. The van der Waals surface area contributed by atoms with Crippen molar-refractivity contribution in [2.24, 2.45) is 0 Å². The first-order valence-corrected chi connectivity index (χ1v) is 12.6. The van der Waals surface area contributed by atoms with Crippen LogP contribution in [0.3, 0.4) is 0 Å². The first-order chi connectivity index (χ1) is 14.9. The lowest BCUT2D eigenvalue weighted by atomic mass is 10.1. The van der Waals surface area contributed by atoms with Gasteiger partial charge in [-0.2, -0.15) is 0 Å². The monoisotopic (exact) mass is 412 g/mol. The fourth-order valence-electron chi connectivity index (χ4n) is 3.99. The molecular formula is C28H44O2. The van der Waals surface area contributed by atoms with Gasteiger partial charge in [-0.3, -0.25) is 0 Å². The van der Waals surface area contributed by atoms with E-state index in [4.69, 9.17) is 9.47 Å². The fraction of sp³-hybridized carbons (Fsp3) is 0.643. The summed E-state index contributed by atoms with van der Waals surface area (Å²) in [6.45, 7) is 6.14. The molecule has 0 aromatic heterocycles. The van der Waals surface area contributed by atoms with E-state index in [2.05, 4.69) is 50.2 Å². The van der Waals surface area contributed by atoms with E-state index in [0.29, 0.717) is 0 Å². The summed E-state index contributed by atoms with van der Waals surface area (Å²) < 4.78 is 12.3. The number of rotatable bonds is 18. The standard InChI is InChI=1S/C28H44O2/c1-3-5-7-9-11-13-15-23-29-27-21-17-20-26-25(27)19-18-22-28(26)30-24-16-14-12-10-8-6-4-2/h17-22H,3-16,23-24H2,1-2H3. The highest BCUT2D eigenvalue weighted by Gasteiger charge is 2.07. The first-order valence-electron chi connectivity index (χ1n) is 12.6. The number of unbranched alkanes of at least 4 members (excludes halogenated alkanes) is 12. The van der Waals surface area contributed by atoms with Crippen LogP contribution in [0.5, 0.6) is 11.5 Å². The summed E-state index contributed by atoms with van der Waals surface area (Å²) in [6.07, 6.45) is 18.3. The summed E-state index contributed by atoms with van der Waals surface area (Å²) in [6, 6.07) is 12.6. The predicted octanol–water partition coefficient (Wildman–Crippen LogP) is 9.10. The van der Waals surface area contributed by atoms with Gasteiger partial charge < -0.3 is 9.47 Å². The molecule has 0 spiro atoms. The van der Waals surface area contributed by atoms with Crippen LogP contribution in [0.4, 0.5) is 0 Å². The third-order valence-electron chi connectivity index (χ3n) is 5.85. The van der Waals surface area contributed by atoms with Crippen molar-refractivity contribution in [1.82, 2.24) is 0 Å². The van der Waals surface area contributed by atoms with Gasteiger partial charge in [0.1, 0.15) is 11.5 Å². The zero-order valence-electron chi connectivity index (χ0n) is 19.6. The molecule has 2 heteroatoms. The lowest BCUT2D eigenvalue weighted by Gasteiger charge is -2.13. The van der Waals surface area contributed by atoms with Gasteiger partial charge in [0.05, 0.1) is 13.2 Å². The Bertz CT molecular complexity index is 620. The fourth-order valence-corrected chi connectivity index (χ4v) is 3.99. The van der Waals surface area contributed by atoms with Crippen molar-refractivity contribution in [3.05, 3.63) is 36.4 Å². The average Bonchev–Trinajstić information content (AvgIpc) is 2.77. The van der Waals surface area contributed by atoms with Crippen LogP contribution in [0.2, 0.25) is 0 Å². The summed E-state index contributed by atoms with van der Waals surface area (Å²) >= 11 is 0. The van der Waals surface area contributed by atoms with Crippen molar-refractivity contribution in [2.75, 3.05) is 13.2 Å². The Balaban J connectivity index is 1.74. The SMILES string of the molecule is CCCCCCCCCOc1cccc2c(OCCCCCCCCC)cccc12. The van der Waals surface area contributed by atoms with Crippen LogP contribution < -0.4 is 9.47 Å². The molecule has 0 amide bonds. The number of benzene rings is 2. The Labute approximate surface area is 185 Å².